The van der Waals surface area contributed by atoms with E-state index in [2.05, 4.69) is 42.3 Å². The maximum absolute atomic E-state index is 11.7. The summed E-state index contributed by atoms with van der Waals surface area (Å²) in [6.07, 6.45) is 2.87. The molecule has 1 amide bonds. The number of rotatable bonds is 3. The summed E-state index contributed by atoms with van der Waals surface area (Å²) in [6, 6.07) is 6.48. The zero-order valence-electron chi connectivity index (χ0n) is 13.8. The Morgan fingerprint density at radius 3 is 2.77 bits per heavy atom. The normalized spacial score (nSPS) is 21.2. The lowest BCUT2D eigenvalue weighted by molar-refractivity contribution is -0.125. The molecule has 3 rings (SSSR count). The van der Waals surface area contributed by atoms with Crippen molar-refractivity contribution in [2.45, 2.75) is 45.3 Å². The molecule has 0 saturated carbocycles. The van der Waals surface area contributed by atoms with Crippen molar-refractivity contribution in [1.29, 1.82) is 0 Å². The van der Waals surface area contributed by atoms with Gasteiger partial charge in [0.05, 0.1) is 0 Å². The van der Waals surface area contributed by atoms with E-state index in [1.807, 2.05) is 0 Å². The van der Waals surface area contributed by atoms with Gasteiger partial charge in [-0.2, -0.15) is 0 Å². The fourth-order valence-electron chi connectivity index (χ4n) is 3.60. The average molecular weight is 302 g/mol. The Labute approximate surface area is 132 Å². The van der Waals surface area contributed by atoms with Gasteiger partial charge in [0, 0.05) is 31.5 Å². The van der Waals surface area contributed by atoms with Gasteiger partial charge in [-0.15, -0.1) is 0 Å². The monoisotopic (exact) mass is 302 g/mol. The number of para-hydroxylation sites is 1. The van der Waals surface area contributed by atoms with E-state index in [9.17, 15) is 4.79 Å². The van der Waals surface area contributed by atoms with Crippen LogP contribution < -0.4 is 10.1 Å². The summed E-state index contributed by atoms with van der Waals surface area (Å²) in [7, 11) is 1.72. The van der Waals surface area contributed by atoms with Crippen LogP contribution in [0.4, 0.5) is 0 Å². The molecule has 0 unspecified atom stereocenters. The van der Waals surface area contributed by atoms with E-state index in [4.69, 9.17) is 4.74 Å². The molecule has 1 fully saturated rings. The van der Waals surface area contributed by atoms with E-state index >= 15 is 0 Å². The molecular formula is C18H26N2O2. The third-order valence-corrected chi connectivity index (χ3v) is 4.77. The fourth-order valence-corrected chi connectivity index (χ4v) is 3.60. The SMILES string of the molecule is CNC(=O)C1CCN(Cc2cccc3c2OC(C)(C)C3)CC1. The molecule has 1 aromatic carbocycles. The number of hydrogen-bond acceptors (Lipinski definition) is 3. The van der Waals surface area contributed by atoms with Crippen molar-refractivity contribution in [3.8, 4) is 5.75 Å². The van der Waals surface area contributed by atoms with Crippen LogP contribution in [0.25, 0.3) is 0 Å². The molecule has 2 aliphatic rings. The average Bonchev–Trinajstić information content (AvgIpc) is 2.82. The van der Waals surface area contributed by atoms with Crippen molar-refractivity contribution in [1.82, 2.24) is 10.2 Å². The smallest absolute Gasteiger partial charge is 0.222 e. The number of benzene rings is 1. The van der Waals surface area contributed by atoms with Gasteiger partial charge in [0.25, 0.3) is 0 Å². The molecule has 0 aliphatic carbocycles. The van der Waals surface area contributed by atoms with E-state index in [0.717, 1.165) is 44.6 Å². The molecule has 0 spiro atoms. The van der Waals surface area contributed by atoms with Gasteiger partial charge in [0.2, 0.25) is 5.91 Å². The fraction of sp³-hybridized carbons (Fsp3) is 0.611. The second-order valence-corrected chi connectivity index (χ2v) is 7.11. The van der Waals surface area contributed by atoms with Gasteiger partial charge >= 0.3 is 0 Å². The van der Waals surface area contributed by atoms with Gasteiger partial charge in [-0.3, -0.25) is 9.69 Å². The lowest BCUT2D eigenvalue weighted by Crippen LogP contribution is -2.39. The first-order valence-corrected chi connectivity index (χ1v) is 8.22. The Morgan fingerprint density at radius 1 is 1.36 bits per heavy atom. The van der Waals surface area contributed by atoms with Gasteiger partial charge in [0.15, 0.2) is 0 Å². The molecule has 4 heteroatoms. The van der Waals surface area contributed by atoms with Crippen LogP contribution in [0.2, 0.25) is 0 Å². The zero-order valence-corrected chi connectivity index (χ0v) is 13.8. The van der Waals surface area contributed by atoms with Gasteiger partial charge in [-0.25, -0.2) is 0 Å². The summed E-state index contributed by atoms with van der Waals surface area (Å²) in [5, 5.41) is 2.76. The van der Waals surface area contributed by atoms with Crippen LogP contribution >= 0.6 is 0 Å². The summed E-state index contributed by atoms with van der Waals surface area (Å²) in [5.41, 5.74) is 2.51. The van der Waals surface area contributed by atoms with Crippen LogP contribution in [-0.2, 0) is 17.8 Å². The standard InChI is InChI=1S/C18H26N2O2/c1-18(2)11-14-5-4-6-15(16(14)22-18)12-20-9-7-13(8-10-20)17(21)19-3/h4-6,13H,7-12H2,1-3H3,(H,19,21). The van der Waals surface area contributed by atoms with Crippen LogP contribution in [0, 0.1) is 5.92 Å². The number of hydrogen-bond donors (Lipinski definition) is 1. The minimum absolute atomic E-state index is 0.0926. The topological polar surface area (TPSA) is 41.6 Å². The molecule has 22 heavy (non-hydrogen) atoms. The number of piperidine rings is 1. The molecule has 0 bridgehead atoms. The molecule has 2 heterocycles. The van der Waals surface area contributed by atoms with Crippen molar-refractivity contribution in [3.05, 3.63) is 29.3 Å². The van der Waals surface area contributed by atoms with E-state index in [1.54, 1.807) is 7.05 Å². The number of carbonyl (C=O) groups is 1. The molecule has 4 nitrogen and oxygen atoms in total. The highest BCUT2D eigenvalue weighted by Gasteiger charge is 2.32. The summed E-state index contributed by atoms with van der Waals surface area (Å²) in [5.74, 6) is 1.45. The predicted molar refractivity (Wildman–Crippen MR) is 86.9 cm³/mol. The van der Waals surface area contributed by atoms with E-state index in [1.165, 1.54) is 11.1 Å². The highest BCUT2D eigenvalue weighted by Crippen LogP contribution is 2.38. The first kappa shape index (κ1) is 15.3. The number of carbonyl (C=O) groups excluding carboxylic acids is 1. The second-order valence-electron chi connectivity index (χ2n) is 7.11. The van der Waals surface area contributed by atoms with E-state index in [-0.39, 0.29) is 17.4 Å². The number of amides is 1. The molecular weight excluding hydrogens is 276 g/mol. The van der Waals surface area contributed by atoms with Crippen LogP contribution in [0.1, 0.15) is 37.8 Å². The second kappa shape index (κ2) is 5.92. The number of nitrogens with zero attached hydrogens (tertiary/aromatic N) is 1. The number of likely N-dealkylation sites (tertiary alicyclic amines) is 1. The van der Waals surface area contributed by atoms with Gasteiger partial charge in [0.1, 0.15) is 11.4 Å². The van der Waals surface area contributed by atoms with Crippen molar-refractivity contribution in [3.63, 3.8) is 0 Å². The molecule has 1 saturated heterocycles. The molecule has 0 atom stereocenters. The Morgan fingerprint density at radius 2 is 2.09 bits per heavy atom. The van der Waals surface area contributed by atoms with Crippen LogP contribution in [0.5, 0.6) is 5.75 Å². The van der Waals surface area contributed by atoms with Gasteiger partial charge < -0.3 is 10.1 Å². The molecule has 2 aliphatic heterocycles. The maximum Gasteiger partial charge on any atom is 0.222 e. The van der Waals surface area contributed by atoms with Crippen LogP contribution in [0.15, 0.2) is 18.2 Å². The quantitative estimate of drug-likeness (QED) is 0.932. The van der Waals surface area contributed by atoms with Gasteiger partial charge in [-0.05, 0) is 45.3 Å². The van der Waals surface area contributed by atoms with Crippen molar-refractivity contribution >= 4 is 5.91 Å². The molecule has 1 aromatic rings. The third kappa shape index (κ3) is 3.12. The van der Waals surface area contributed by atoms with E-state index < -0.39 is 0 Å². The number of fused-ring (bicyclic) bond motifs is 1. The highest BCUT2D eigenvalue weighted by atomic mass is 16.5. The molecule has 0 aromatic heterocycles. The lowest BCUT2D eigenvalue weighted by Gasteiger charge is -2.31. The van der Waals surface area contributed by atoms with Crippen LogP contribution in [0.3, 0.4) is 0 Å². The number of ether oxygens (including phenoxy) is 1. The minimum atomic E-state index is -0.0926. The van der Waals surface area contributed by atoms with E-state index in [0.29, 0.717) is 0 Å². The first-order chi connectivity index (χ1) is 10.5. The van der Waals surface area contributed by atoms with Crippen molar-refractivity contribution in [2.24, 2.45) is 5.92 Å². The first-order valence-electron chi connectivity index (χ1n) is 8.22. The Balaban J connectivity index is 1.64. The lowest BCUT2D eigenvalue weighted by atomic mass is 9.95. The molecule has 120 valence electrons. The Bertz CT molecular complexity index is 560. The maximum atomic E-state index is 11.7. The highest BCUT2D eigenvalue weighted by molar-refractivity contribution is 5.78. The zero-order chi connectivity index (χ0) is 15.7. The van der Waals surface area contributed by atoms with Gasteiger partial charge in [-0.1, -0.05) is 18.2 Å². The van der Waals surface area contributed by atoms with Crippen molar-refractivity contribution in [2.75, 3.05) is 20.1 Å². The number of nitrogens with one attached hydrogen (secondary N) is 1. The Kier molecular flexibility index (Phi) is 4.13. The summed E-state index contributed by atoms with van der Waals surface area (Å²) >= 11 is 0. The van der Waals surface area contributed by atoms with Crippen LogP contribution in [-0.4, -0.2) is 36.5 Å². The largest absolute Gasteiger partial charge is 0.487 e. The summed E-state index contributed by atoms with van der Waals surface area (Å²) < 4.78 is 6.15. The molecule has 0 radical (unpaired) electrons. The predicted octanol–water partition coefficient (Wildman–Crippen LogP) is 2.36. The summed E-state index contributed by atoms with van der Waals surface area (Å²) in [4.78, 5) is 14.1. The van der Waals surface area contributed by atoms with Crippen molar-refractivity contribution < 1.29 is 9.53 Å². The summed E-state index contributed by atoms with van der Waals surface area (Å²) in [6.45, 7) is 7.16. The molecule has 1 N–H and O–H groups in total. The third-order valence-electron chi connectivity index (χ3n) is 4.77. The Hall–Kier alpha value is -1.55. The minimum Gasteiger partial charge on any atom is -0.487 e.